The highest BCUT2D eigenvalue weighted by molar-refractivity contribution is 5.04. The predicted molar refractivity (Wildman–Crippen MR) is 67.5 cm³/mol. The fourth-order valence-electron chi connectivity index (χ4n) is 2.76. The number of nitrogens with two attached hydrogens (primary N) is 1. The second-order valence-corrected chi connectivity index (χ2v) is 5.69. The third kappa shape index (κ3) is 2.38. The minimum atomic E-state index is 0.389. The van der Waals surface area contributed by atoms with Crippen LogP contribution in [0.3, 0.4) is 0 Å². The Balaban J connectivity index is 1.64. The average Bonchev–Trinajstić information content (AvgIpc) is 3.05. The van der Waals surface area contributed by atoms with Gasteiger partial charge in [0.05, 0.1) is 12.0 Å². The smallest absolute Gasteiger partial charge is 0.0951 e. The lowest BCUT2D eigenvalue weighted by Gasteiger charge is -2.35. The molecule has 2 atom stereocenters. The molecule has 2 heterocycles. The van der Waals surface area contributed by atoms with E-state index in [9.17, 15) is 0 Å². The Hall–Kier alpha value is -0.870. The second kappa shape index (κ2) is 4.42. The number of piperidine rings is 1. The summed E-state index contributed by atoms with van der Waals surface area (Å²) in [5, 5.41) is 0. The first-order chi connectivity index (χ1) is 8.24. The van der Waals surface area contributed by atoms with Crippen LogP contribution in [0.5, 0.6) is 0 Å². The molecule has 0 aromatic carbocycles. The van der Waals surface area contributed by atoms with Crippen LogP contribution in [0.15, 0.2) is 12.5 Å². The maximum atomic E-state index is 6.06. The van der Waals surface area contributed by atoms with E-state index < -0.39 is 0 Å². The largest absolute Gasteiger partial charge is 0.330 e. The van der Waals surface area contributed by atoms with Crippen molar-refractivity contribution in [3.63, 3.8) is 0 Å². The van der Waals surface area contributed by atoms with Crippen LogP contribution in [-0.4, -0.2) is 33.6 Å². The first kappa shape index (κ1) is 11.2. The van der Waals surface area contributed by atoms with Crippen LogP contribution in [0.4, 0.5) is 0 Å². The maximum Gasteiger partial charge on any atom is 0.0951 e. The summed E-state index contributed by atoms with van der Waals surface area (Å²) in [6, 6.07) is 1.12. The van der Waals surface area contributed by atoms with E-state index in [-0.39, 0.29) is 0 Å². The van der Waals surface area contributed by atoms with Gasteiger partial charge in [0.2, 0.25) is 0 Å². The Bertz CT molecular complexity index is 383. The van der Waals surface area contributed by atoms with Crippen LogP contribution in [-0.2, 0) is 6.54 Å². The van der Waals surface area contributed by atoms with Crippen LogP contribution < -0.4 is 5.73 Å². The minimum Gasteiger partial charge on any atom is -0.330 e. The standard InChI is InChI=1S/C13H22N4/c1-10-7-16(5-4-13(10)14)8-12-6-15-9-17(12)11-2-3-11/h6,9-11,13H,2-5,7-8,14H2,1H3. The molecule has 17 heavy (non-hydrogen) atoms. The van der Waals surface area contributed by atoms with E-state index in [4.69, 9.17) is 5.73 Å². The van der Waals surface area contributed by atoms with Gasteiger partial charge in [0.25, 0.3) is 0 Å². The van der Waals surface area contributed by atoms with Crippen LogP contribution in [0, 0.1) is 5.92 Å². The molecular weight excluding hydrogens is 212 g/mol. The Morgan fingerprint density at radius 2 is 2.24 bits per heavy atom. The molecule has 0 amide bonds. The van der Waals surface area contributed by atoms with Crippen molar-refractivity contribution in [2.45, 2.75) is 44.8 Å². The van der Waals surface area contributed by atoms with E-state index >= 15 is 0 Å². The average molecular weight is 234 g/mol. The highest BCUT2D eigenvalue weighted by Gasteiger charge is 2.27. The molecule has 1 saturated heterocycles. The molecule has 2 aliphatic rings. The molecule has 2 N–H and O–H groups in total. The van der Waals surface area contributed by atoms with Gasteiger partial charge in [0.15, 0.2) is 0 Å². The predicted octanol–water partition coefficient (Wildman–Crippen LogP) is 1.39. The Labute approximate surface area is 103 Å². The summed E-state index contributed by atoms with van der Waals surface area (Å²) < 4.78 is 2.36. The summed E-state index contributed by atoms with van der Waals surface area (Å²) in [5.74, 6) is 0.612. The van der Waals surface area contributed by atoms with Gasteiger partial charge >= 0.3 is 0 Å². The van der Waals surface area contributed by atoms with Gasteiger partial charge in [-0.05, 0) is 25.2 Å². The number of likely N-dealkylation sites (tertiary alicyclic amines) is 1. The van der Waals surface area contributed by atoms with E-state index in [1.807, 2.05) is 12.5 Å². The summed E-state index contributed by atoms with van der Waals surface area (Å²) >= 11 is 0. The highest BCUT2D eigenvalue weighted by Crippen LogP contribution is 2.36. The van der Waals surface area contributed by atoms with Crippen molar-refractivity contribution in [3.8, 4) is 0 Å². The lowest BCUT2D eigenvalue weighted by Crippen LogP contribution is -2.45. The first-order valence-corrected chi connectivity index (χ1v) is 6.72. The number of aromatic nitrogens is 2. The third-order valence-electron chi connectivity index (χ3n) is 4.13. The van der Waals surface area contributed by atoms with Crippen LogP contribution in [0.1, 0.15) is 37.9 Å². The van der Waals surface area contributed by atoms with Gasteiger partial charge in [-0.2, -0.15) is 0 Å². The van der Waals surface area contributed by atoms with Gasteiger partial charge in [-0.25, -0.2) is 4.98 Å². The molecule has 1 aromatic rings. The van der Waals surface area contributed by atoms with E-state index in [1.54, 1.807) is 0 Å². The van der Waals surface area contributed by atoms with E-state index in [2.05, 4.69) is 21.4 Å². The molecule has 1 aliphatic heterocycles. The fourth-order valence-corrected chi connectivity index (χ4v) is 2.76. The van der Waals surface area contributed by atoms with E-state index in [0.717, 1.165) is 32.1 Å². The molecule has 4 heteroatoms. The molecule has 4 nitrogen and oxygen atoms in total. The van der Waals surface area contributed by atoms with Gasteiger partial charge < -0.3 is 10.3 Å². The lowest BCUT2D eigenvalue weighted by atomic mass is 9.95. The van der Waals surface area contributed by atoms with Gasteiger partial charge in [-0.1, -0.05) is 6.92 Å². The summed E-state index contributed by atoms with van der Waals surface area (Å²) in [6.45, 7) is 5.54. The Kier molecular flexibility index (Phi) is 2.92. The molecule has 94 valence electrons. The van der Waals surface area contributed by atoms with Crippen molar-refractivity contribution < 1.29 is 0 Å². The van der Waals surface area contributed by atoms with Crippen LogP contribution >= 0.6 is 0 Å². The van der Waals surface area contributed by atoms with Gasteiger partial charge in [0.1, 0.15) is 0 Å². The SMILES string of the molecule is CC1CN(Cc2cncn2C2CC2)CCC1N. The van der Waals surface area contributed by atoms with E-state index in [0.29, 0.717) is 12.0 Å². The fraction of sp³-hybridized carbons (Fsp3) is 0.769. The Morgan fingerprint density at radius 1 is 1.41 bits per heavy atom. The zero-order chi connectivity index (χ0) is 11.8. The zero-order valence-electron chi connectivity index (χ0n) is 10.5. The summed E-state index contributed by atoms with van der Waals surface area (Å²) in [6.07, 6.45) is 7.79. The molecule has 1 aliphatic carbocycles. The normalized spacial score (nSPS) is 30.7. The molecule has 1 saturated carbocycles. The number of rotatable bonds is 3. The topological polar surface area (TPSA) is 47.1 Å². The van der Waals surface area contributed by atoms with Crippen LogP contribution in [0.2, 0.25) is 0 Å². The van der Waals surface area contributed by atoms with Gasteiger partial charge in [-0.3, -0.25) is 4.90 Å². The Morgan fingerprint density at radius 3 is 2.94 bits per heavy atom. The lowest BCUT2D eigenvalue weighted by molar-refractivity contribution is 0.154. The molecule has 0 bridgehead atoms. The first-order valence-electron chi connectivity index (χ1n) is 6.72. The van der Waals surface area contributed by atoms with Crippen molar-refractivity contribution in [3.05, 3.63) is 18.2 Å². The van der Waals surface area contributed by atoms with Gasteiger partial charge in [0, 0.05) is 37.9 Å². The molecule has 2 unspecified atom stereocenters. The highest BCUT2D eigenvalue weighted by atomic mass is 15.2. The van der Waals surface area contributed by atoms with Crippen molar-refractivity contribution in [1.29, 1.82) is 0 Å². The van der Waals surface area contributed by atoms with Crippen LogP contribution in [0.25, 0.3) is 0 Å². The van der Waals surface area contributed by atoms with Gasteiger partial charge in [-0.15, -0.1) is 0 Å². The number of hydrogen-bond acceptors (Lipinski definition) is 3. The van der Waals surface area contributed by atoms with Crippen molar-refractivity contribution in [2.24, 2.45) is 11.7 Å². The second-order valence-electron chi connectivity index (χ2n) is 5.69. The summed E-state index contributed by atoms with van der Waals surface area (Å²) in [5.41, 5.74) is 7.43. The molecule has 3 rings (SSSR count). The number of hydrogen-bond donors (Lipinski definition) is 1. The molecular formula is C13H22N4. The summed E-state index contributed by atoms with van der Waals surface area (Å²) in [7, 11) is 0. The number of nitrogens with zero attached hydrogens (tertiary/aromatic N) is 3. The zero-order valence-corrected chi connectivity index (χ0v) is 10.5. The van der Waals surface area contributed by atoms with Crippen molar-refractivity contribution >= 4 is 0 Å². The molecule has 1 aromatic heterocycles. The van der Waals surface area contributed by atoms with E-state index in [1.165, 1.54) is 18.5 Å². The summed E-state index contributed by atoms with van der Waals surface area (Å²) in [4.78, 5) is 6.81. The molecule has 0 spiro atoms. The molecule has 2 fully saturated rings. The monoisotopic (exact) mass is 234 g/mol. The maximum absolute atomic E-state index is 6.06. The minimum absolute atomic E-state index is 0.389. The number of imidazole rings is 1. The van der Waals surface area contributed by atoms with Crippen molar-refractivity contribution in [2.75, 3.05) is 13.1 Å². The quantitative estimate of drug-likeness (QED) is 0.859. The molecule has 0 radical (unpaired) electrons. The van der Waals surface area contributed by atoms with Crippen molar-refractivity contribution in [1.82, 2.24) is 14.5 Å². The third-order valence-corrected chi connectivity index (χ3v) is 4.13.